The summed E-state index contributed by atoms with van der Waals surface area (Å²) in [6, 6.07) is 13.9. The largest absolute Gasteiger partial charge is 0.496 e. The zero-order valence-corrected chi connectivity index (χ0v) is 16.9. The van der Waals surface area contributed by atoms with Crippen LogP contribution in [0.25, 0.3) is 6.08 Å². The van der Waals surface area contributed by atoms with E-state index in [9.17, 15) is 4.79 Å². The number of aryl methyl sites for hydroxylation is 1. The van der Waals surface area contributed by atoms with Crippen molar-refractivity contribution in [1.29, 1.82) is 0 Å². The molecule has 5 heteroatoms. The Hall–Kier alpha value is -2.79. The number of hydrogen-bond donors (Lipinski definition) is 1. The van der Waals surface area contributed by atoms with Crippen LogP contribution in [0.2, 0.25) is 0 Å². The van der Waals surface area contributed by atoms with E-state index >= 15 is 0 Å². The van der Waals surface area contributed by atoms with Crippen molar-refractivity contribution in [1.82, 2.24) is 4.90 Å². The molecule has 3 rings (SSSR count). The van der Waals surface area contributed by atoms with Crippen molar-refractivity contribution < 1.29 is 9.53 Å². The molecule has 2 aromatic carbocycles. The van der Waals surface area contributed by atoms with E-state index in [1.54, 1.807) is 19.3 Å². The Kier molecular flexibility index (Phi) is 6.71. The number of carbonyl (C=O) groups excluding carboxylic acids is 1. The van der Waals surface area contributed by atoms with Gasteiger partial charge in [0, 0.05) is 37.8 Å². The number of rotatable bonds is 6. The monoisotopic (exact) mass is 379 g/mol. The molecule has 1 saturated heterocycles. The lowest BCUT2D eigenvalue weighted by Crippen LogP contribution is -2.46. The number of piperazine rings is 1. The second-order valence-electron chi connectivity index (χ2n) is 7.01. The first-order valence-electron chi connectivity index (χ1n) is 9.80. The highest BCUT2D eigenvalue weighted by Gasteiger charge is 2.18. The number of nitrogens with zero attached hydrogens (tertiary/aromatic N) is 2. The third-order valence-corrected chi connectivity index (χ3v) is 5.12. The standard InChI is InChI=1S/C23H29N3O2/c1-4-25-13-15-26(16-14-25)21-8-6-5-7-20(21)24-23(27)12-10-19-17-18(2)9-11-22(19)28-3/h5-12,17H,4,13-16H2,1-3H3,(H,24,27)/b12-10+. The minimum Gasteiger partial charge on any atom is -0.496 e. The molecule has 0 unspecified atom stereocenters. The summed E-state index contributed by atoms with van der Waals surface area (Å²) in [7, 11) is 1.64. The number of benzene rings is 2. The first-order valence-corrected chi connectivity index (χ1v) is 9.80. The molecular weight excluding hydrogens is 350 g/mol. The number of carbonyl (C=O) groups is 1. The van der Waals surface area contributed by atoms with Crippen molar-refractivity contribution in [2.24, 2.45) is 0 Å². The predicted octanol–water partition coefficient (Wildman–Crippen LogP) is 3.80. The van der Waals surface area contributed by atoms with E-state index in [0.717, 1.165) is 61.0 Å². The molecule has 0 radical (unpaired) electrons. The van der Waals surface area contributed by atoms with Crippen LogP contribution in [0, 0.1) is 6.92 Å². The molecular formula is C23H29N3O2. The molecule has 0 aromatic heterocycles. The van der Waals surface area contributed by atoms with Gasteiger partial charge in [0.05, 0.1) is 18.5 Å². The SMILES string of the molecule is CCN1CCN(c2ccccc2NC(=O)/C=C/c2cc(C)ccc2OC)CC1. The lowest BCUT2D eigenvalue weighted by molar-refractivity contribution is -0.111. The van der Waals surface area contributed by atoms with Crippen molar-refractivity contribution in [2.45, 2.75) is 13.8 Å². The highest BCUT2D eigenvalue weighted by molar-refractivity contribution is 6.04. The Labute approximate surface area is 167 Å². The van der Waals surface area contributed by atoms with E-state index in [1.165, 1.54) is 0 Å². The fourth-order valence-corrected chi connectivity index (χ4v) is 3.48. The van der Waals surface area contributed by atoms with Crippen LogP contribution in [0.15, 0.2) is 48.5 Å². The average molecular weight is 380 g/mol. The van der Waals surface area contributed by atoms with Crippen molar-refractivity contribution in [3.8, 4) is 5.75 Å². The molecule has 2 aromatic rings. The van der Waals surface area contributed by atoms with Gasteiger partial charge in [0.1, 0.15) is 5.75 Å². The molecule has 0 bridgehead atoms. The fourth-order valence-electron chi connectivity index (χ4n) is 3.48. The van der Waals surface area contributed by atoms with Crippen LogP contribution in [0.4, 0.5) is 11.4 Å². The molecule has 5 nitrogen and oxygen atoms in total. The summed E-state index contributed by atoms with van der Waals surface area (Å²) in [5, 5.41) is 3.03. The molecule has 1 aliphatic rings. The van der Waals surface area contributed by atoms with Gasteiger partial charge in [-0.3, -0.25) is 4.79 Å². The number of likely N-dealkylation sites (N-methyl/N-ethyl adjacent to an activating group) is 1. The van der Waals surface area contributed by atoms with Gasteiger partial charge >= 0.3 is 0 Å². The molecule has 28 heavy (non-hydrogen) atoms. The van der Waals surface area contributed by atoms with Crippen LogP contribution < -0.4 is 15.0 Å². The molecule has 1 N–H and O–H groups in total. The normalized spacial score (nSPS) is 15.0. The zero-order chi connectivity index (χ0) is 19.9. The Morgan fingerprint density at radius 2 is 1.89 bits per heavy atom. The van der Waals surface area contributed by atoms with Crippen molar-refractivity contribution in [2.75, 3.05) is 50.1 Å². The van der Waals surface area contributed by atoms with Gasteiger partial charge in [0.15, 0.2) is 0 Å². The topological polar surface area (TPSA) is 44.8 Å². The van der Waals surface area contributed by atoms with Gasteiger partial charge in [0.25, 0.3) is 0 Å². The summed E-state index contributed by atoms with van der Waals surface area (Å²) in [6.07, 6.45) is 3.35. The quantitative estimate of drug-likeness (QED) is 0.776. The van der Waals surface area contributed by atoms with E-state index in [-0.39, 0.29) is 5.91 Å². The van der Waals surface area contributed by atoms with Gasteiger partial charge in [-0.2, -0.15) is 0 Å². The average Bonchev–Trinajstić information content (AvgIpc) is 2.73. The van der Waals surface area contributed by atoms with E-state index in [0.29, 0.717) is 0 Å². The van der Waals surface area contributed by atoms with E-state index < -0.39 is 0 Å². The van der Waals surface area contributed by atoms with Crippen molar-refractivity contribution in [3.05, 3.63) is 59.7 Å². The highest BCUT2D eigenvalue weighted by atomic mass is 16.5. The summed E-state index contributed by atoms with van der Waals surface area (Å²) >= 11 is 0. The Bertz CT molecular complexity index is 839. The zero-order valence-electron chi connectivity index (χ0n) is 16.9. The van der Waals surface area contributed by atoms with Gasteiger partial charge < -0.3 is 19.9 Å². The third kappa shape index (κ3) is 4.93. The first-order chi connectivity index (χ1) is 13.6. The van der Waals surface area contributed by atoms with Gasteiger partial charge in [-0.05, 0) is 43.8 Å². The molecule has 1 amide bonds. The highest BCUT2D eigenvalue weighted by Crippen LogP contribution is 2.27. The second-order valence-corrected chi connectivity index (χ2v) is 7.01. The summed E-state index contributed by atoms with van der Waals surface area (Å²) < 4.78 is 5.37. The van der Waals surface area contributed by atoms with Crippen LogP contribution in [0.1, 0.15) is 18.1 Å². The summed E-state index contributed by atoms with van der Waals surface area (Å²) in [6.45, 7) is 9.33. The van der Waals surface area contributed by atoms with Crippen LogP contribution >= 0.6 is 0 Å². The van der Waals surface area contributed by atoms with Gasteiger partial charge in [0.2, 0.25) is 5.91 Å². The minimum atomic E-state index is -0.150. The van der Waals surface area contributed by atoms with E-state index in [1.807, 2.05) is 43.3 Å². The van der Waals surface area contributed by atoms with E-state index in [2.05, 4.69) is 28.1 Å². The number of methoxy groups -OCH3 is 1. The van der Waals surface area contributed by atoms with Crippen LogP contribution in [-0.2, 0) is 4.79 Å². The number of amides is 1. The molecule has 0 aliphatic carbocycles. The smallest absolute Gasteiger partial charge is 0.248 e. The second kappa shape index (κ2) is 9.42. The molecule has 1 aliphatic heterocycles. The molecule has 1 heterocycles. The molecule has 148 valence electrons. The van der Waals surface area contributed by atoms with Gasteiger partial charge in [-0.1, -0.05) is 30.7 Å². The Morgan fingerprint density at radius 1 is 1.14 bits per heavy atom. The van der Waals surface area contributed by atoms with Crippen LogP contribution in [0.5, 0.6) is 5.75 Å². The summed E-state index contributed by atoms with van der Waals surface area (Å²) in [4.78, 5) is 17.3. The predicted molar refractivity (Wildman–Crippen MR) is 116 cm³/mol. The maximum atomic E-state index is 12.5. The Morgan fingerprint density at radius 3 is 2.61 bits per heavy atom. The maximum Gasteiger partial charge on any atom is 0.248 e. The van der Waals surface area contributed by atoms with Crippen LogP contribution in [0.3, 0.4) is 0 Å². The number of ether oxygens (including phenoxy) is 1. The number of para-hydroxylation sites is 2. The lowest BCUT2D eigenvalue weighted by atomic mass is 10.1. The summed E-state index contributed by atoms with van der Waals surface area (Å²) in [5.74, 6) is 0.604. The number of hydrogen-bond acceptors (Lipinski definition) is 4. The minimum absolute atomic E-state index is 0.150. The number of anilines is 2. The van der Waals surface area contributed by atoms with Gasteiger partial charge in [-0.25, -0.2) is 0 Å². The van der Waals surface area contributed by atoms with E-state index in [4.69, 9.17) is 4.74 Å². The maximum absolute atomic E-state index is 12.5. The molecule has 0 spiro atoms. The fraction of sp³-hybridized carbons (Fsp3) is 0.348. The summed E-state index contributed by atoms with van der Waals surface area (Å²) in [5.41, 5.74) is 3.94. The van der Waals surface area contributed by atoms with Gasteiger partial charge in [-0.15, -0.1) is 0 Å². The van der Waals surface area contributed by atoms with Crippen LogP contribution in [-0.4, -0.2) is 50.6 Å². The molecule has 0 saturated carbocycles. The Balaban J connectivity index is 1.70. The molecule has 1 fully saturated rings. The van der Waals surface area contributed by atoms with Crippen molar-refractivity contribution in [3.63, 3.8) is 0 Å². The first kappa shape index (κ1) is 20.0. The third-order valence-electron chi connectivity index (χ3n) is 5.12. The number of nitrogens with one attached hydrogen (secondary N) is 1. The molecule has 0 atom stereocenters. The van der Waals surface area contributed by atoms with Crippen molar-refractivity contribution >= 4 is 23.4 Å². The lowest BCUT2D eigenvalue weighted by Gasteiger charge is -2.36.